The van der Waals surface area contributed by atoms with Gasteiger partial charge in [0.05, 0.1) is 11.4 Å². The first-order valence-electron chi connectivity index (χ1n) is 18.3. The lowest BCUT2D eigenvalue weighted by Gasteiger charge is -2.25. The molecule has 0 spiro atoms. The third kappa shape index (κ3) is 6.43. The Kier molecular flexibility index (Phi) is 8.93. The van der Waals surface area contributed by atoms with Crippen molar-refractivity contribution in [1.29, 1.82) is 5.26 Å². The van der Waals surface area contributed by atoms with Crippen LogP contribution in [0.3, 0.4) is 0 Å². The van der Waals surface area contributed by atoms with E-state index >= 15 is 0 Å². The van der Waals surface area contributed by atoms with Crippen LogP contribution >= 0.6 is 0 Å². The average molecular weight is 741 g/mol. The van der Waals surface area contributed by atoms with Crippen molar-refractivity contribution < 1.29 is 8.83 Å². The number of pyridine rings is 1. The quantitative estimate of drug-likeness (QED) is 0.150. The molecule has 0 unspecified atom stereocenters. The lowest BCUT2D eigenvalue weighted by atomic mass is 9.90. The molecule has 12 heteroatoms. The van der Waals surface area contributed by atoms with E-state index in [9.17, 15) is 5.26 Å². The molecule has 0 bridgehead atoms. The van der Waals surface area contributed by atoms with Gasteiger partial charge in [0.25, 0.3) is 0 Å². The zero-order valence-electron chi connectivity index (χ0n) is 32.5. The van der Waals surface area contributed by atoms with Gasteiger partial charge in [0, 0.05) is 11.1 Å². The normalized spacial score (nSPS) is 11.8. The largest absolute Gasteiger partial charge is 0.423 e. The Labute approximate surface area is 324 Å². The molecule has 0 aliphatic heterocycles. The molecule has 0 aliphatic carbocycles. The van der Waals surface area contributed by atoms with Crippen molar-refractivity contribution in [2.75, 3.05) is 10.2 Å². The zero-order chi connectivity index (χ0) is 39.3. The molecule has 0 atom stereocenters. The number of nitriles is 1. The van der Waals surface area contributed by atoms with Gasteiger partial charge in [-0.15, -0.1) is 10.2 Å². The second-order valence-electron chi connectivity index (χ2n) is 14.9. The smallest absolute Gasteiger partial charge is 0.325 e. The SMILES string of the molecule is Cc1cc(N(c2nc3ccccc3o2)c2c(C)cccc2C)nc(Nc2c(C)cccc2C)c1/N=N/c1c(C#N)c(C(C)(C)C)nn1-c1nc2ccccc2o1. The molecule has 0 radical (unpaired) electrons. The molecule has 278 valence electrons. The summed E-state index contributed by atoms with van der Waals surface area (Å²) in [7, 11) is 0. The van der Waals surface area contributed by atoms with E-state index in [4.69, 9.17) is 34.1 Å². The topological polar surface area (TPSA) is 147 Å². The summed E-state index contributed by atoms with van der Waals surface area (Å²) in [5, 5.41) is 28.6. The molecule has 0 saturated heterocycles. The zero-order valence-corrected chi connectivity index (χ0v) is 32.5. The minimum absolute atomic E-state index is 0.175. The van der Waals surface area contributed by atoms with Crippen LogP contribution in [0.2, 0.25) is 0 Å². The molecule has 0 saturated carbocycles. The summed E-state index contributed by atoms with van der Waals surface area (Å²) in [6.45, 7) is 16.1. The van der Waals surface area contributed by atoms with Gasteiger partial charge in [0.15, 0.2) is 17.0 Å². The lowest BCUT2D eigenvalue weighted by Crippen LogP contribution is -2.15. The van der Waals surface area contributed by atoms with Gasteiger partial charge in [-0.1, -0.05) is 81.4 Å². The molecule has 1 N–H and O–H groups in total. The van der Waals surface area contributed by atoms with Gasteiger partial charge >= 0.3 is 12.0 Å². The van der Waals surface area contributed by atoms with Crippen molar-refractivity contribution in [3.8, 4) is 12.1 Å². The van der Waals surface area contributed by atoms with Crippen molar-refractivity contribution in [3.63, 3.8) is 0 Å². The van der Waals surface area contributed by atoms with E-state index in [1.165, 1.54) is 4.68 Å². The van der Waals surface area contributed by atoms with Crippen LogP contribution in [-0.2, 0) is 5.41 Å². The van der Waals surface area contributed by atoms with Gasteiger partial charge < -0.3 is 14.2 Å². The molecule has 12 nitrogen and oxygen atoms in total. The van der Waals surface area contributed by atoms with E-state index in [1.54, 1.807) is 0 Å². The summed E-state index contributed by atoms with van der Waals surface area (Å²) >= 11 is 0. The van der Waals surface area contributed by atoms with Crippen LogP contribution in [0.4, 0.5) is 40.5 Å². The molecular weight excluding hydrogens is 701 g/mol. The Morgan fingerprint density at radius 3 is 1.93 bits per heavy atom. The van der Waals surface area contributed by atoms with Crippen LogP contribution in [0.1, 0.15) is 59.8 Å². The summed E-state index contributed by atoms with van der Waals surface area (Å²) in [4.78, 5) is 16.8. The van der Waals surface area contributed by atoms with Crippen LogP contribution in [0.15, 0.2) is 110 Å². The Balaban J connectivity index is 1.35. The minimum Gasteiger partial charge on any atom is -0.423 e. The molecule has 0 fully saturated rings. The highest BCUT2D eigenvalue weighted by atomic mass is 16.4. The highest BCUT2D eigenvalue weighted by Crippen LogP contribution is 2.43. The van der Waals surface area contributed by atoms with E-state index in [0.29, 0.717) is 45.7 Å². The standard InChI is InChI=1S/C44H40N10O2/c1-25-15-13-16-26(2)36(25)49-40-37(50-51-41-30(24-45)39(44(6,7)8)52-54(41)43-47-32-20-10-12-22-34(32)56-43)29(5)23-35(48-40)53(38-27(3)17-14-18-28(38)4)42-46-31-19-9-11-21-33(31)55-42/h9-23H,1-8H3,(H,48,49)/b51-50+. The van der Waals surface area contributed by atoms with Gasteiger partial charge in [-0.05, 0) is 92.8 Å². The Hall–Kier alpha value is -7.13. The number of oxazole rings is 2. The summed E-state index contributed by atoms with van der Waals surface area (Å²) in [5.41, 5.74) is 10.0. The van der Waals surface area contributed by atoms with Gasteiger partial charge in [-0.25, -0.2) is 9.88 Å². The molecule has 8 rings (SSSR count). The number of rotatable bonds is 8. The Morgan fingerprint density at radius 2 is 1.32 bits per heavy atom. The number of aryl methyl sites for hydroxylation is 5. The second kappa shape index (κ2) is 13.9. The third-order valence-corrected chi connectivity index (χ3v) is 9.65. The predicted molar refractivity (Wildman–Crippen MR) is 219 cm³/mol. The first-order valence-corrected chi connectivity index (χ1v) is 18.3. The number of nitrogens with zero attached hydrogens (tertiary/aromatic N) is 9. The molecule has 0 aliphatic rings. The lowest BCUT2D eigenvalue weighted by molar-refractivity contribution is 0.520. The molecule has 4 aromatic carbocycles. The van der Waals surface area contributed by atoms with Crippen LogP contribution in [0.25, 0.3) is 28.2 Å². The number of fused-ring (bicyclic) bond motifs is 2. The summed E-state index contributed by atoms with van der Waals surface area (Å²) in [5.74, 6) is 1.19. The number of benzene rings is 4. The van der Waals surface area contributed by atoms with Crippen LogP contribution < -0.4 is 10.2 Å². The monoisotopic (exact) mass is 740 g/mol. The number of para-hydroxylation sites is 6. The van der Waals surface area contributed by atoms with E-state index in [-0.39, 0.29) is 17.4 Å². The van der Waals surface area contributed by atoms with Crippen molar-refractivity contribution in [2.24, 2.45) is 10.2 Å². The first-order chi connectivity index (χ1) is 26.9. The number of azo groups is 1. The van der Waals surface area contributed by atoms with E-state index in [0.717, 1.165) is 44.7 Å². The first kappa shape index (κ1) is 35.9. The summed E-state index contributed by atoms with van der Waals surface area (Å²) in [6.07, 6.45) is 0. The van der Waals surface area contributed by atoms with Crippen molar-refractivity contribution in [1.82, 2.24) is 24.7 Å². The molecular formula is C44H40N10O2. The number of nitrogens with one attached hydrogen (secondary N) is 1. The van der Waals surface area contributed by atoms with Gasteiger partial charge in [0.2, 0.25) is 5.82 Å². The van der Waals surface area contributed by atoms with E-state index in [2.05, 4.69) is 42.4 Å². The fraction of sp³-hybridized carbons (Fsp3) is 0.205. The van der Waals surface area contributed by atoms with Crippen molar-refractivity contribution >= 4 is 62.7 Å². The van der Waals surface area contributed by atoms with E-state index < -0.39 is 5.41 Å². The highest BCUT2D eigenvalue weighted by molar-refractivity contribution is 5.83. The highest BCUT2D eigenvalue weighted by Gasteiger charge is 2.30. The maximum absolute atomic E-state index is 10.5. The minimum atomic E-state index is -0.497. The molecule has 0 amide bonds. The number of anilines is 5. The Morgan fingerprint density at radius 1 is 0.714 bits per heavy atom. The summed E-state index contributed by atoms with van der Waals surface area (Å²) in [6, 6.07) is 32.2. The average Bonchev–Trinajstić information content (AvgIpc) is 3.89. The maximum Gasteiger partial charge on any atom is 0.325 e. The number of hydrogen-bond donors (Lipinski definition) is 1. The molecule has 56 heavy (non-hydrogen) atoms. The fourth-order valence-electron chi connectivity index (χ4n) is 6.84. The van der Waals surface area contributed by atoms with Crippen molar-refractivity contribution in [2.45, 2.75) is 60.8 Å². The van der Waals surface area contributed by atoms with Crippen LogP contribution in [0.5, 0.6) is 0 Å². The summed E-state index contributed by atoms with van der Waals surface area (Å²) < 4.78 is 14.0. The van der Waals surface area contributed by atoms with Crippen LogP contribution in [0, 0.1) is 45.9 Å². The molecule has 4 heterocycles. The fourth-order valence-corrected chi connectivity index (χ4v) is 6.84. The van der Waals surface area contributed by atoms with E-state index in [1.807, 2.05) is 125 Å². The van der Waals surface area contributed by atoms with Gasteiger partial charge in [-0.2, -0.15) is 25.0 Å². The van der Waals surface area contributed by atoms with Crippen LogP contribution in [-0.4, -0.2) is 24.7 Å². The molecule has 4 aromatic heterocycles. The third-order valence-electron chi connectivity index (χ3n) is 9.65. The number of hydrogen-bond acceptors (Lipinski definition) is 11. The second-order valence-corrected chi connectivity index (χ2v) is 14.9. The predicted octanol–water partition coefficient (Wildman–Crippen LogP) is 11.9. The maximum atomic E-state index is 10.5. The van der Waals surface area contributed by atoms with Crippen molar-refractivity contribution in [3.05, 3.63) is 130 Å². The Bertz CT molecular complexity index is 2760. The van der Waals surface area contributed by atoms with Gasteiger partial charge in [-0.3, -0.25) is 0 Å². The molecule has 8 aromatic rings. The number of aromatic nitrogens is 5. The van der Waals surface area contributed by atoms with Gasteiger partial charge in [0.1, 0.15) is 34.2 Å².